The summed E-state index contributed by atoms with van der Waals surface area (Å²) in [7, 11) is 2.07. The number of benzene rings is 1. The minimum Gasteiger partial charge on any atom is -0.383 e. The third kappa shape index (κ3) is 2.98. The molecule has 4 rings (SSSR count). The molecule has 1 saturated carbocycles. The quantitative estimate of drug-likeness (QED) is 0.414. The number of aromatic amines is 1. The second-order valence-corrected chi connectivity index (χ2v) is 7.85. The van der Waals surface area contributed by atoms with Crippen molar-refractivity contribution in [3.63, 3.8) is 0 Å². The third-order valence-corrected chi connectivity index (χ3v) is 6.40. The molecule has 1 aliphatic carbocycles. The predicted molar refractivity (Wildman–Crippen MR) is 107 cm³/mol. The number of nitrogens with one attached hydrogen (secondary N) is 3. The molecule has 2 unspecified atom stereocenters. The van der Waals surface area contributed by atoms with E-state index in [4.69, 9.17) is 11.1 Å². The van der Waals surface area contributed by atoms with E-state index in [9.17, 15) is 0 Å². The van der Waals surface area contributed by atoms with Crippen molar-refractivity contribution >= 4 is 28.1 Å². The number of thiophene rings is 1. The number of nitrogens with two attached hydrogens (primary N) is 1. The zero-order valence-corrected chi connectivity index (χ0v) is 15.2. The molecule has 1 fully saturated rings. The van der Waals surface area contributed by atoms with Gasteiger partial charge in [0, 0.05) is 28.7 Å². The smallest absolute Gasteiger partial charge is 0.133 e. The van der Waals surface area contributed by atoms with Gasteiger partial charge in [0.2, 0.25) is 0 Å². The molecule has 2 atom stereocenters. The predicted octanol–water partition coefficient (Wildman–Crippen LogP) is 4.43. The summed E-state index contributed by atoms with van der Waals surface area (Å²) in [5, 5.41) is 14.6. The fraction of sp³-hybridized carbons (Fsp3) is 0.350. The summed E-state index contributed by atoms with van der Waals surface area (Å²) in [6.07, 6.45) is 7.20. The van der Waals surface area contributed by atoms with Crippen LogP contribution in [0.25, 0.3) is 22.0 Å². The van der Waals surface area contributed by atoms with Gasteiger partial charge in [-0.05, 0) is 66.9 Å². The molecular formula is C20H24N4S. The van der Waals surface area contributed by atoms with Crippen molar-refractivity contribution in [1.82, 2.24) is 10.3 Å². The van der Waals surface area contributed by atoms with E-state index in [0.717, 1.165) is 16.0 Å². The summed E-state index contributed by atoms with van der Waals surface area (Å²) >= 11 is 1.53. The number of H-pyrrole nitrogens is 1. The lowest BCUT2D eigenvalue weighted by molar-refractivity contribution is 0.356. The molecule has 25 heavy (non-hydrogen) atoms. The van der Waals surface area contributed by atoms with Gasteiger partial charge in [-0.3, -0.25) is 5.41 Å². The Hall–Kier alpha value is -2.11. The van der Waals surface area contributed by atoms with E-state index in [1.807, 2.05) is 5.38 Å². The molecule has 5 N–H and O–H groups in total. The van der Waals surface area contributed by atoms with Crippen LogP contribution in [0.1, 0.15) is 42.0 Å². The Morgan fingerprint density at radius 3 is 3.00 bits per heavy atom. The highest BCUT2D eigenvalue weighted by atomic mass is 32.1. The summed E-state index contributed by atoms with van der Waals surface area (Å²) in [5.74, 6) is 0.744. The monoisotopic (exact) mass is 352 g/mol. The van der Waals surface area contributed by atoms with Gasteiger partial charge < -0.3 is 16.0 Å². The number of rotatable bonds is 4. The fourth-order valence-electron chi connectivity index (χ4n) is 4.13. The fourth-order valence-corrected chi connectivity index (χ4v) is 4.91. The molecule has 1 aromatic carbocycles. The minimum absolute atomic E-state index is 0.142. The van der Waals surface area contributed by atoms with Gasteiger partial charge in [0.1, 0.15) is 5.84 Å². The van der Waals surface area contributed by atoms with Crippen LogP contribution >= 0.6 is 11.3 Å². The Morgan fingerprint density at radius 2 is 2.20 bits per heavy atom. The lowest BCUT2D eigenvalue weighted by atomic mass is 9.81. The molecule has 3 aromatic rings. The van der Waals surface area contributed by atoms with Gasteiger partial charge in [0.05, 0.1) is 4.88 Å². The van der Waals surface area contributed by atoms with Gasteiger partial charge in [0.25, 0.3) is 0 Å². The molecule has 0 aliphatic heterocycles. The summed E-state index contributed by atoms with van der Waals surface area (Å²) in [6, 6.07) is 9.21. The standard InChI is InChI=1S/C20H24N4S/c1-23-14-4-2-3-12(9-14)17-11-24-18-6-5-13(10-16(17)18)15-7-8-25-19(15)20(21)22/h5-8,10-12,14,23-24H,2-4,9H2,1H3,(H3,21,22). The highest BCUT2D eigenvalue weighted by Crippen LogP contribution is 2.38. The third-order valence-electron chi connectivity index (χ3n) is 5.46. The first-order valence-corrected chi connectivity index (χ1v) is 9.76. The summed E-state index contributed by atoms with van der Waals surface area (Å²) in [5.41, 5.74) is 10.6. The van der Waals surface area contributed by atoms with Crippen LogP contribution < -0.4 is 11.1 Å². The van der Waals surface area contributed by atoms with Crippen molar-refractivity contribution in [2.45, 2.75) is 37.6 Å². The normalized spacial score (nSPS) is 20.8. The second-order valence-electron chi connectivity index (χ2n) is 6.93. The SMILES string of the molecule is CNC1CCCC(c2c[nH]c3ccc(-c4ccsc4C(=N)N)cc23)C1. The molecule has 0 amide bonds. The van der Waals surface area contributed by atoms with Gasteiger partial charge in [-0.25, -0.2) is 0 Å². The topological polar surface area (TPSA) is 77.7 Å². The number of amidine groups is 1. The summed E-state index contributed by atoms with van der Waals surface area (Å²) in [6.45, 7) is 0. The Bertz CT molecular complexity index is 907. The zero-order valence-electron chi connectivity index (χ0n) is 14.4. The van der Waals surface area contributed by atoms with E-state index in [2.05, 4.69) is 47.8 Å². The van der Waals surface area contributed by atoms with E-state index >= 15 is 0 Å². The van der Waals surface area contributed by atoms with Crippen molar-refractivity contribution in [2.24, 2.45) is 5.73 Å². The molecule has 2 aromatic heterocycles. The van der Waals surface area contributed by atoms with Crippen molar-refractivity contribution < 1.29 is 0 Å². The molecule has 130 valence electrons. The van der Waals surface area contributed by atoms with E-state index in [1.165, 1.54) is 53.5 Å². The van der Waals surface area contributed by atoms with Crippen molar-refractivity contribution in [1.29, 1.82) is 5.41 Å². The number of nitrogen functional groups attached to an aromatic ring is 1. The largest absolute Gasteiger partial charge is 0.383 e. The van der Waals surface area contributed by atoms with Crippen LogP contribution in [-0.4, -0.2) is 23.9 Å². The molecule has 0 spiro atoms. The molecule has 0 saturated heterocycles. The lowest BCUT2D eigenvalue weighted by Gasteiger charge is -2.28. The van der Waals surface area contributed by atoms with Gasteiger partial charge >= 0.3 is 0 Å². The molecule has 5 heteroatoms. The number of hydrogen-bond donors (Lipinski definition) is 4. The Kier molecular flexibility index (Phi) is 4.36. The molecule has 4 nitrogen and oxygen atoms in total. The first kappa shape index (κ1) is 16.4. The van der Waals surface area contributed by atoms with Crippen LogP contribution in [0.5, 0.6) is 0 Å². The van der Waals surface area contributed by atoms with Gasteiger partial charge in [0.15, 0.2) is 0 Å². The minimum atomic E-state index is 0.142. The molecule has 1 aliphatic rings. The van der Waals surface area contributed by atoms with Crippen molar-refractivity contribution in [2.75, 3.05) is 7.05 Å². The number of hydrogen-bond acceptors (Lipinski definition) is 3. The van der Waals surface area contributed by atoms with Gasteiger partial charge in [-0.1, -0.05) is 12.5 Å². The van der Waals surface area contributed by atoms with Crippen LogP contribution in [0.3, 0.4) is 0 Å². The van der Waals surface area contributed by atoms with Crippen LogP contribution in [0.15, 0.2) is 35.8 Å². The summed E-state index contributed by atoms with van der Waals surface area (Å²) in [4.78, 5) is 4.29. The van der Waals surface area contributed by atoms with Crippen LogP contribution in [0, 0.1) is 5.41 Å². The van der Waals surface area contributed by atoms with E-state index in [0.29, 0.717) is 12.0 Å². The molecule has 0 bridgehead atoms. The molecular weight excluding hydrogens is 328 g/mol. The van der Waals surface area contributed by atoms with Crippen molar-refractivity contribution in [3.8, 4) is 11.1 Å². The van der Waals surface area contributed by atoms with Crippen molar-refractivity contribution in [3.05, 3.63) is 46.3 Å². The second kappa shape index (κ2) is 6.65. The van der Waals surface area contributed by atoms with Crippen LogP contribution in [0.2, 0.25) is 0 Å². The van der Waals surface area contributed by atoms with Gasteiger partial charge in [-0.2, -0.15) is 0 Å². The Labute approximate surface area is 152 Å². The molecule has 2 heterocycles. The first-order valence-electron chi connectivity index (χ1n) is 8.88. The van der Waals surface area contributed by atoms with Crippen LogP contribution in [0.4, 0.5) is 0 Å². The maximum atomic E-state index is 7.80. The number of fused-ring (bicyclic) bond motifs is 1. The zero-order chi connectivity index (χ0) is 17.4. The lowest BCUT2D eigenvalue weighted by Crippen LogP contribution is -2.30. The number of aromatic nitrogens is 1. The van der Waals surface area contributed by atoms with Crippen LogP contribution in [-0.2, 0) is 0 Å². The van der Waals surface area contributed by atoms with E-state index in [1.54, 1.807) is 0 Å². The van der Waals surface area contributed by atoms with E-state index < -0.39 is 0 Å². The average molecular weight is 353 g/mol. The average Bonchev–Trinajstić information content (AvgIpc) is 3.28. The summed E-state index contributed by atoms with van der Waals surface area (Å²) < 4.78 is 0. The highest BCUT2D eigenvalue weighted by molar-refractivity contribution is 7.12. The highest BCUT2D eigenvalue weighted by Gasteiger charge is 2.24. The maximum absolute atomic E-state index is 7.80. The first-order chi connectivity index (χ1) is 12.2. The van der Waals surface area contributed by atoms with Gasteiger partial charge in [-0.15, -0.1) is 11.3 Å². The molecule has 0 radical (unpaired) electrons. The maximum Gasteiger partial charge on any atom is 0.133 e. The Morgan fingerprint density at radius 1 is 1.32 bits per heavy atom. The van der Waals surface area contributed by atoms with E-state index in [-0.39, 0.29) is 5.84 Å². The Balaban J connectivity index is 1.75.